The maximum absolute atomic E-state index is 12.5. The van der Waals surface area contributed by atoms with Gasteiger partial charge in [-0.3, -0.25) is 4.79 Å². The number of esters is 2. The van der Waals surface area contributed by atoms with Crippen molar-refractivity contribution in [2.75, 3.05) is 13.2 Å². The summed E-state index contributed by atoms with van der Waals surface area (Å²) in [5, 5.41) is 2.43. The van der Waals surface area contributed by atoms with Crippen LogP contribution in [-0.2, 0) is 36.2 Å². The molecule has 0 saturated heterocycles. The Morgan fingerprint density at radius 3 is 2.08 bits per heavy atom. The van der Waals surface area contributed by atoms with Crippen LogP contribution in [0.3, 0.4) is 0 Å². The number of amides is 1. The summed E-state index contributed by atoms with van der Waals surface area (Å²) in [6, 6.07) is 7.10. The van der Waals surface area contributed by atoms with Gasteiger partial charge in [0.1, 0.15) is 0 Å². The van der Waals surface area contributed by atoms with E-state index in [-0.39, 0.29) is 19.6 Å². The van der Waals surface area contributed by atoms with Crippen LogP contribution in [0.1, 0.15) is 31.9 Å². The van der Waals surface area contributed by atoms with E-state index in [9.17, 15) is 14.4 Å². The van der Waals surface area contributed by atoms with E-state index in [1.54, 1.807) is 32.0 Å². The predicted molar refractivity (Wildman–Crippen MR) is 89.5 cm³/mol. The number of hydrogen-bond donors (Lipinski definition) is 1. The lowest BCUT2D eigenvalue weighted by molar-refractivity contribution is -0.168. The summed E-state index contributed by atoms with van der Waals surface area (Å²) in [7, 11) is 0. The largest absolute Gasteiger partial charge is 0.464 e. The van der Waals surface area contributed by atoms with Crippen molar-refractivity contribution in [3.63, 3.8) is 0 Å². The van der Waals surface area contributed by atoms with E-state index >= 15 is 0 Å². The smallest absolute Gasteiger partial charge is 0.344 e. The number of nitrogens with one attached hydrogen (secondary N) is 1. The SMILES string of the molecule is CCOC(=O)C(Cc1cccc(CCl)c1)(NC(C)=O)C(=O)OCC. The Kier molecular flexibility index (Phi) is 7.71. The standard InChI is InChI=1S/C17H22ClNO5/c1-4-23-15(21)17(19-12(3)20,16(22)24-5-2)10-13-7-6-8-14(9-13)11-18/h6-9H,4-5,10-11H2,1-3H3,(H,19,20). The molecule has 0 aromatic heterocycles. The number of rotatable bonds is 8. The van der Waals surface area contributed by atoms with E-state index in [1.807, 2.05) is 6.07 Å². The number of benzene rings is 1. The fourth-order valence-electron chi connectivity index (χ4n) is 2.31. The highest BCUT2D eigenvalue weighted by molar-refractivity contribution is 6.17. The van der Waals surface area contributed by atoms with Crippen LogP contribution in [0.15, 0.2) is 24.3 Å². The van der Waals surface area contributed by atoms with Gasteiger partial charge in [-0.05, 0) is 25.0 Å². The maximum atomic E-state index is 12.5. The number of carbonyl (C=O) groups is 3. The van der Waals surface area contributed by atoms with Crippen LogP contribution < -0.4 is 5.32 Å². The van der Waals surface area contributed by atoms with Crippen LogP contribution in [-0.4, -0.2) is 36.6 Å². The summed E-state index contributed by atoms with van der Waals surface area (Å²) in [5.41, 5.74) is -0.440. The topological polar surface area (TPSA) is 81.7 Å². The second-order valence-electron chi connectivity index (χ2n) is 5.16. The first-order chi connectivity index (χ1) is 11.4. The Morgan fingerprint density at radius 1 is 1.08 bits per heavy atom. The zero-order chi connectivity index (χ0) is 18.2. The number of hydrogen-bond acceptors (Lipinski definition) is 5. The first-order valence-electron chi connectivity index (χ1n) is 7.66. The van der Waals surface area contributed by atoms with Crippen LogP contribution in [0.4, 0.5) is 0 Å². The molecule has 1 amide bonds. The minimum absolute atomic E-state index is 0.0707. The van der Waals surface area contributed by atoms with Gasteiger partial charge in [0.2, 0.25) is 11.4 Å². The molecule has 24 heavy (non-hydrogen) atoms. The van der Waals surface area contributed by atoms with Gasteiger partial charge in [0.25, 0.3) is 0 Å². The van der Waals surface area contributed by atoms with Gasteiger partial charge < -0.3 is 14.8 Å². The second kappa shape index (κ2) is 9.27. The summed E-state index contributed by atoms with van der Waals surface area (Å²) in [6.45, 7) is 4.61. The van der Waals surface area contributed by atoms with E-state index in [2.05, 4.69) is 5.32 Å². The molecule has 0 fully saturated rings. The van der Waals surface area contributed by atoms with Crippen LogP contribution in [0.2, 0.25) is 0 Å². The molecule has 0 aliphatic carbocycles. The minimum Gasteiger partial charge on any atom is -0.464 e. The van der Waals surface area contributed by atoms with Crippen molar-refractivity contribution in [3.05, 3.63) is 35.4 Å². The summed E-state index contributed by atoms with van der Waals surface area (Å²) < 4.78 is 10.0. The van der Waals surface area contributed by atoms with Crippen LogP contribution in [0.5, 0.6) is 0 Å². The molecule has 1 aromatic rings. The van der Waals surface area contributed by atoms with E-state index in [1.165, 1.54) is 6.92 Å². The first kappa shape index (κ1) is 20.0. The minimum atomic E-state index is -1.93. The summed E-state index contributed by atoms with van der Waals surface area (Å²) in [4.78, 5) is 36.7. The van der Waals surface area contributed by atoms with Crippen molar-refractivity contribution in [2.24, 2.45) is 0 Å². The van der Waals surface area contributed by atoms with Crippen molar-refractivity contribution in [3.8, 4) is 0 Å². The van der Waals surface area contributed by atoms with Crippen LogP contribution in [0, 0.1) is 0 Å². The van der Waals surface area contributed by atoms with E-state index < -0.39 is 23.4 Å². The molecule has 1 rings (SSSR count). The lowest BCUT2D eigenvalue weighted by Gasteiger charge is -2.29. The highest BCUT2D eigenvalue weighted by Crippen LogP contribution is 2.20. The molecule has 0 atom stereocenters. The molecule has 0 aliphatic rings. The summed E-state index contributed by atoms with van der Waals surface area (Å²) in [5.74, 6) is -1.95. The number of alkyl halides is 1. The van der Waals surface area contributed by atoms with Crippen LogP contribution in [0.25, 0.3) is 0 Å². The third-order valence-corrected chi connectivity index (χ3v) is 3.56. The lowest BCUT2D eigenvalue weighted by atomic mass is 9.89. The van der Waals surface area contributed by atoms with Gasteiger partial charge in [0, 0.05) is 19.2 Å². The molecule has 1 N–H and O–H groups in total. The number of halogens is 1. The van der Waals surface area contributed by atoms with Crippen LogP contribution >= 0.6 is 11.6 Å². The molecule has 132 valence electrons. The van der Waals surface area contributed by atoms with Crippen molar-refractivity contribution >= 4 is 29.4 Å². The lowest BCUT2D eigenvalue weighted by Crippen LogP contribution is -2.62. The number of ether oxygens (including phenoxy) is 2. The third kappa shape index (κ3) is 4.96. The zero-order valence-corrected chi connectivity index (χ0v) is 14.8. The molecule has 1 aromatic carbocycles. The fourth-order valence-corrected chi connectivity index (χ4v) is 2.48. The Hall–Kier alpha value is -2.08. The van der Waals surface area contributed by atoms with E-state index in [4.69, 9.17) is 21.1 Å². The van der Waals surface area contributed by atoms with E-state index in [0.29, 0.717) is 11.4 Å². The van der Waals surface area contributed by atoms with Gasteiger partial charge in [0.15, 0.2) is 0 Å². The molecule has 0 aliphatic heterocycles. The average molecular weight is 356 g/mol. The molecule has 6 nitrogen and oxygen atoms in total. The Labute approximate surface area is 146 Å². The van der Waals surface area contributed by atoms with Gasteiger partial charge in [0.05, 0.1) is 13.2 Å². The predicted octanol–water partition coefficient (Wildman–Crippen LogP) is 1.97. The average Bonchev–Trinajstić information content (AvgIpc) is 2.54. The molecular weight excluding hydrogens is 334 g/mol. The Bertz CT molecular complexity index is 584. The second-order valence-corrected chi connectivity index (χ2v) is 5.43. The molecule has 0 saturated carbocycles. The molecule has 0 heterocycles. The Balaban J connectivity index is 3.33. The third-order valence-electron chi connectivity index (χ3n) is 3.25. The first-order valence-corrected chi connectivity index (χ1v) is 8.20. The highest BCUT2D eigenvalue weighted by Gasteiger charge is 2.50. The maximum Gasteiger partial charge on any atom is 0.344 e. The molecule has 0 radical (unpaired) electrons. The van der Waals surface area contributed by atoms with Gasteiger partial charge in [-0.15, -0.1) is 11.6 Å². The molecular formula is C17H22ClNO5. The zero-order valence-electron chi connectivity index (χ0n) is 14.1. The molecule has 7 heteroatoms. The normalized spacial score (nSPS) is 10.8. The number of carbonyl (C=O) groups excluding carboxylic acids is 3. The fraction of sp³-hybridized carbons (Fsp3) is 0.471. The van der Waals surface area contributed by atoms with Gasteiger partial charge in [-0.25, -0.2) is 9.59 Å². The molecule has 0 spiro atoms. The monoisotopic (exact) mass is 355 g/mol. The highest BCUT2D eigenvalue weighted by atomic mass is 35.5. The Morgan fingerprint density at radius 2 is 1.62 bits per heavy atom. The van der Waals surface area contributed by atoms with Gasteiger partial charge in [-0.2, -0.15) is 0 Å². The van der Waals surface area contributed by atoms with E-state index in [0.717, 1.165) is 5.56 Å². The van der Waals surface area contributed by atoms with Gasteiger partial charge >= 0.3 is 11.9 Å². The quantitative estimate of drug-likeness (QED) is 0.438. The summed E-state index contributed by atoms with van der Waals surface area (Å²) in [6.07, 6.45) is -0.0883. The summed E-state index contributed by atoms with van der Waals surface area (Å²) >= 11 is 5.83. The van der Waals surface area contributed by atoms with Gasteiger partial charge in [-0.1, -0.05) is 24.3 Å². The molecule has 0 bridgehead atoms. The van der Waals surface area contributed by atoms with Crippen molar-refractivity contribution < 1.29 is 23.9 Å². The molecule has 0 unspecified atom stereocenters. The van der Waals surface area contributed by atoms with Crippen molar-refractivity contribution in [1.29, 1.82) is 0 Å². The van der Waals surface area contributed by atoms with Crippen molar-refractivity contribution in [1.82, 2.24) is 5.32 Å². The van der Waals surface area contributed by atoms with Crippen molar-refractivity contribution in [2.45, 2.75) is 38.6 Å².